The maximum Gasteiger partial charge on any atom is 0.251 e. The van der Waals surface area contributed by atoms with Crippen molar-refractivity contribution in [2.24, 2.45) is 0 Å². The molecule has 1 aromatic heterocycles. The molecule has 1 N–H and O–H groups in total. The normalized spacial score (nSPS) is 17.1. The number of nitrogens with one attached hydrogen (secondary N) is 1. The Morgan fingerprint density at radius 3 is 2.58 bits per heavy atom. The van der Waals surface area contributed by atoms with Gasteiger partial charge in [0.2, 0.25) is 10.0 Å². The summed E-state index contributed by atoms with van der Waals surface area (Å²) < 4.78 is 43.6. The third-order valence-corrected chi connectivity index (χ3v) is 8.04. The summed E-state index contributed by atoms with van der Waals surface area (Å²) in [7, 11) is -3.59. The summed E-state index contributed by atoms with van der Waals surface area (Å²) in [5, 5.41) is 2.75. The van der Waals surface area contributed by atoms with Gasteiger partial charge in [0.25, 0.3) is 5.91 Å². The Kier molecular flexibility index (Phi) is 6.62. The molecule has 1 unspecified atom stereocenters. The molecule has 1 aliphatic rings. The molecule has 1 saturated heterocycles. The number of benzene rings is 2. The van der Waals surface area contributed by atoms with E-state index in [1.54, 1.807) is 36.0 Å². The molecule has 1 aliphatic heterocycles. The van der Waals surface area contributed by atoms with Crippen LogP contribution in [0.3, 0.4) is 0 Å². The minimum Gasteiger partial charge on any atom is -0.348 e. The van der Waals surface area contributed by atoms with Crippen molar-refractivity contribution in [3.05, 3.63) is 77.6 Å². The molecule has 1 fully saturated rings. The number of carbonyl (C=O) groups excluding carboxylic acids is 1. The summed E-state index contributed by atoms with van der Waals surface area (Å²) in [5.74, 6) is -0.0975. The van der Waals surface area contributed by atoms with Gasteiger partial charge in [0, 0.05) is 37.1 Å². The number of hydrogen-bond donors (Lipinski definition) is 1. The highest BCUT2D eigenvalue weighted by molar-refractivity contribution is 7.89. The average Bonchev–Trinajstić information content (AvgIpc) is 3.23. The van der Waals surface area contributed by atoms with Crippen molar-refractivity contribution >= 4 is 15.9 Å². The largest absolute Gasteiger partial charge is 0.348 e. The van der Waals surface area contributed by atoms with Gasteiger partial charge in [-0.15, -0.1) is 0 Å². The van der Waals surface area contributed by atoms with Gasteiger partial charge in [-0.3, -0.25) is 4.79 Å². The second kappa shape index (κ2) is 9.44. The number of rotatable bonds is 6. The Labute approximate surface area is 193 Å². The Hall–Kier alpha value is -3.04. The van der Waals surface area contributed by atoms with Crippen molar-refractivity contribution in [3.63, 3.8) is 0 Å². The van der Waals surface area contributed by atoms with E-state index in [1.807, 2.05) is 6.92 Å². The molecular weight excluding hydrogens is 443 g/mol. The van der Waals surface area contributed by atoms with E-state index in [1.165, 1.54) is 34.6 Å². The predicted octanol–water partition coefficient (Wildman–Crippen LogP) is 3.81. The van der Waals surface area contributed by atoms with Crippen LogP contribution in [0.1, 0.15) is 47.9 Å². The maximum absolute atomic E-state index is 14.6. The summed E-state index contributed by atoms with van der Waals surface area (Å²) in [6, 6.07) is 10.7. The first-order valence-corrected chi connectivity index (χ1v) is 12.4. The Morgan fingerprint density at radius 1 is 1.18 bits per heavy atom. The van der Waals surface area contributed by atoms with E-state index in [4.69, 9.17) is 0 Å². The average molecular weight is 471 g/mol. The number of piperidine rings is 1. The van der Waals surface area contributed by atoms with E-state index in [2.05, 4.69) is 10.3 Å². The number of amides is 1. The first-order valence-electron chi connectivity index (χ1n) is 11.0. The van der Waals surface area contributed by atoms with Crippen LogP contribution < -0.4 is 5.32 Å². The number of aryl methyl sites for hydroxylation is 1. The topological polar surface area (TPSA) is 84.3 Å². The third kappa shape index (κ3) is 4.84. The van der Waals surface area contributed by atoms with Gasteiger partial charge < -0.3 is 9.88 Å². The summed E-state index contributed by atoms with van der Waals surface area (Å²) in [4.78, 5) is 16.8. The fourth-order valence-electron chi connectivity index (χ4n) is 4.12. The van der Waals surface area contributed by atoms with Gasteiger partial charge >= 0.3 is 0 Å². The molecule has 2 aromatic carbocycles. The molecular formula is C24H27FN4O3S. The van der Waals surface area contributed by atoms with Crippen LogP contribution in [-0.2, 0) is 16.6 Å². The number of imidazole rings is 1. The van der Waals surface area contributed by atoms with Crippen molar-refractivity contribution in [2.75, 3.05) is 6.54 Å². The molecule has 3 aromatic rings. The highest BCUT2D eigenvalue weighted by atomic mass is 32.2. The lowest BCUT2D eigenvalue weighted by Gasteiger charge is -2.32. The van der Waals surface area contributed by atoms with Gasteiger partial charge in [0.05, 0.1) is 10.6 Å². The Balaban J connectivity index is 1.41. The molecule has 9 heteroatoms. The summed E-state index contributed by atoms with van der Waals surface area (Å²) in [5.41, 5.74) is 1.34. The molecule has 1 atom stereocenters. The molecule has 4 rings (SSSR count). The van der Waals surface area contributed by atoms with Crippen molar-refractivity contribution in [3.8, 4) is 5.69 Å². The standard InChI is InChI=1S/C24H27FN4O3S/c1-17-5-3-4-13-29(17)33(31,32)21-9-7-20(8-10-21)24(30)27-16-19-6-11-23(22(25)15-19)28-14-12-26-18(28)2/h6-12,14-15,17H,3-5,13,16H2,1-2H3,(H,27,30). The van der Waals surface area contributed by atoms with E-state index < -0.39 is 15.8 Å². The van der Waals surface area contributed by atoms with Gasteiger partial charge in [-0.05, 0) is 68.7 Å². The lowest BCUT2D eigenvalue weighted by Crippen LogP contribution is -2.41. The van der Waals surface area contributed by atoms with Crippen molar-refractivity contribution < 1.29 is 17.6 Å². The van der Waals surface area contributed by atoms with Crippen LogP contribution in [0.25, 0.3) is 5.69 Å². The Bertz CT molecular complexity index is 1250. The van der Waals surface area contributed by atoms with Gasteiger partial charge in [-0.25, -0.2) is 17.8 Å². The summed E-state index contributed by atoms with van der Waals surface area (Å²) in [6.45, 7) is 4.37. The third-order valence-electron chi connectivity index (χ3n) is 6.02. The van der Waals surface area contributed by atoms with Gasteiger partial charge in [0.15, 0.2) is 0 Å². The highest BCUT2D eigenvalue weighted by Crippen LogP contribution is 2.25. The summed E-state index contributed by atoms with van der Waals surface area (Å²) >= 11 is 0. The number of carbonyl (C=O) groups is 1. The molecule has 174 valence electrons. The zero-order valence-electron chi connectivity index (χ0n) is 18.7. The smallest absolute Gasteiger partial charge is 0.251 e. The van der Waals surface area contributed by atoms with Crippen LogP contribution in [0.4, 0.5) is 4.39 Å². The van der Waals surface area contributed by atoms with E-state index in [0.717, 1.165) is 19.3 Å². The van der Waals surface area contributed by atoms with E-state index in [-0.39, 0.29) is 23.4 Å². The number of sulfonamides is 1. The Morgan fingerprint density at radius 2 is 1.94 bits per heavy atom. The van der Waals surface area contributed by atoms with Crippen LogP contribution in [0.5, 0.6) is 0 Å². The maximum atomic E-state index is 14.6. The van der Waals surface area contributed by atoms with Crippen molar-refractivity contribution in [1.29, 1.82) is 0 Å². The first kappa shape index (κ1) is 23.1. The SMILES string of the molecule is Cc1nccn1-c1ccc(CNC(=O)c2ccc(S(=O)(=O)N3CCCCC3C)cc2)cc1F. The van der Waals surface area contributed by atoms with Gasteiger partial charge in [-0.1, -0.05) is 12.5 Å². The van der Waals surface area contributed by atoms with Crippen molar-refractivity contribution in [2.45, 2.75) is 50.6 Å². The van der Waals surface area contributed by atoms with Crippen molar-refractivity contribution in [1.82, 2.24) is 19.2 Å². The van der Waals surface area contributed by atoms with Crippen LogP contribution in [0.15, 0.2) is 59.8 Å². The van der Waals surface area contributed by atoms with Gasteiger partial charge in [-0.2, -0.15) is 4.31 Å². The van der Waals surface area contributed by atoms with E-state index in [0.29, 0.717) is 29.2 Å². The molecule has 0 radical (unpaired) electrons. The highest BCUT2D eigenvalue weighted by Gasteiger charge is 2.30. The van der Waals surface area contributed by atoms with Crippen LogP contribution >= 0.6 is 0 Å². The molecule has 2 heterocycles. The van der Waals surface area contributed by atoms with Gasteiger partial charge in [0.1, 0.15) is 11.6 Å². The van der Waals surface area contributed by atoms with E-state index in [9.17, 15) is 17.6 Å². The predicted molar refractivity (Wildman–Crippen MR) is 123 cm³/mol. The minimum absolute atomic E-state index is 0.0313. The van der Waals surface area contributed by atoms with Crippen LogP contribution in [-0.4, -0.2) is 40.8 Å². The van der Waals surface area contributed by atoms with Crippen LogP contribution in [0, 0.1) is 12.7 Å². The minimum atomic E-state index is -3.59. The molecule has 0 spiro atoms. The van der Waals surface area contributed by atoms with Crippen LogP contribution in [0.2, 0.25) is 0 Å². The summed E-state index contributed by atoms with van der Waals surface area (Å²) in [6.07, 6.45) is 6.02. The number of nitrogens with zero attached hydrogens (tertiary/aromatic N) is 3. The first-order chi connectivity index (χ1) is 15.8. The fourth-order valence-corrected chi connectivity index (χ4v) is 5.81. The number of halogens is 1. The zero-order valence-corrected chi connectivity index (χ0v) is 19.5. The molecule has 0 aliphatic carbocycles. The van der Waals surface area contributed by atoms with E-state index >= 15 is 0 Å². The number of aromatic nitrogens is 2. The molecule has 0 bridgehead atoms. The molecule has 0 saturated carbocycles. The lowest BCUT2D eigenvalue weighted by atomic mass is 10.1. The monoisotopic (exact) mass is 470 g/mol. The quantitative estimate of drug-likeness (QED) is 0.594. The fraction of sp³-hybridized carbons (Fsp3) is 0.333. The second-order valence-electron chi connectivity index (χ2n) is 8.30. The lowest BCUT2D eigenvalue weighted by molar-refractivity contribution is 0.0950. The molecule has 1 amide bonds. The zero-order chi connectivity index (χ0) is 23.6. The number of hydrogen-bond acceptors (Lipinski definition) is 4. The second-order valence-corrected chi connectivity index (χ2v) is 10.2. The molecule has 33 heavy (non-hydrogen) atoms. The molecule has 7 nitrogen and oxygen atoms in total.